The van der Waals surface area contributed by atoms with Crippen LogP contribution < -0.4 is 15.1 Å². The van der Waals surface area contributed by atoms with Crippen molar-refractivity contribution in [3.05, 3.63) is 58.3 Å². The number of amides is 1. The van der Waals surface area contributed by atoms with E-state index >= 15 is 0 Å². The fourth-order valence-corrected chi connectivity index (χ4v) is 4.37. The van der Waals surface area contributed by atoms with Gasteiger partial charge in [0.25, 0.3) is 0 Å². The molecule has 0 aliphatic carbocycles. The molecule has 2 aromatic heterocycles. The van der Waals surface area contributed by atoms with Crippen molar-refractivity contribution in [3.63, 3.8) is 0 Å². The zero-order valence-corrected chi connectivity index (χ0v) is 18.6. The third-order valence-corrected chi connectivity index (χ3v) is 6.30. The summed E-state index contributed by atoms with van der Waals surface area (Å²) in [5, 5.41) is 7.77. The SMILES string of the molecule is CC1C(=O)N2CCCc3nc(NCc4cnn(Cc5ccc(F)c(Cl)c5)c4)nc(c32)N1C. The number of nitrogens with one attached hydrogen (secondary N) is 1. The third-order valence-electron chi connectivity index (χ3n) is 6.01. The second kappa shape index (κ2) is 8.05. The van der Waals surface area contributed by atoms with Gasteiger partial charge in [0.1, 0.15) is 17.5 Å². The average Bonchev–Trinajstić information content (AvgIpc) is 3.24. The molecular weight excluding hydrogens is 433 g/mol. The Hall–Kier alpha value is -3.20. The predicted octanol–water partition coefficient (Wildman–Crippen LogP) is 3.24. The molecule has 4 heterocycles. The minimum Gasteiger partial charge on any atom is -0.350 e. The van der Waals surface area contributed by atoms with Gasteiger partial charge in [-0.15, -0.1) is 0 Å². The lowest BCUT2D eigenvalue weighted by molar-refractivity contribution is -0.119. The molecule has 0 radical (unpaired) electrons. The molecule has 0 fully saturated rings. The summed E-state index contributed by atoms with van der Waals surface area (Å²) in [5.74, 6) is 0.984. The Balaban J connectivity index is 1.32. The molecule has 8 nitrogen and oxygen atoms in total. The quantitative estimate of drug-likeness (QED) is 0.636. The molecule has 166 valence electrons. The molecule has 2 aliphatic heterocycles. The van der Waals surface area contributed by atoms with Crippen LogP contribution in [0.5, 0.6) is 0 Å². The molecule has 0 saturated heterocycles. The normalized spacial score (nSPS) is 17.5. The van der Waals surface area contributed by atoms with Crippen LogP contribution in [0, 0.1) is 5.82 Å². The Bertz CT molecular complexity index is 1200. The largest absolute Gasteiger partial charge is 0.350 e. The monoisotopic (exact) mass is 455 g/mol. The van der Waals surface area contributed by atoms with Crippen LogP contribution in [0.15, 0.2) is 30.6 Å². The van der Waals surface area contributed by atoms with Crippen molar-refractivity contribution in [2.45, 2.75) is 38.9 Å². The molecule has 0 bridgehead atoms. The van der Waals surface area contributed by atoms with Crippen molar-refractivity contribution in [1.82, 2.24) is 19.7 Å². The predicted molar refractivity (Wildman–Crippen MR) is 121 cm³/mol. The van der Waals surface area contributed by atoms with Gasteiger partial charge in [-0.1, -0.05) is 17.7 Å². The van der Waals surface area contributed by atoms with Gasteiger partial charge < -0.3 is 15.1 Å². The van der Waals surface area contributed by atoms with Crippen molar-refractivity contribution in [2.75, 3.05) is 28.7 Å². The molecule has 5 rings (SSSR count). The topological polar surface area (TPSA) is 79.2 Å². The van der Waals surface area contributed by atoms with Crippen molar-refractivity contribution in [2.24, 2.45) is 0 Å². The first-order chi connectivity index (χ1) is 15.4. The van der Waals surface area contributed by atoms with Crippen LogP contribution in [0.3, 0.4) is 0 Å². The van der Waals surface area contributed by atoms with Gasteiger partial charge in [-0.3, -0.25) is 9.48 Å². The minimum atomic E-state index is -0.433. The lowest BCUT2D eigenvalue weighted by Gasteiger charge is -2.41. The van der Waals surface area contributed by atoms with E-state index in [1.54, 1.807) is 23.0 Å². The first-order valence-electron chi connectivity index (χ1n) is 10.5. The van der Waals surface area contributed by atoms with Crippen molar-refractivity contribution >= 4 is 35.0 Å². The number of benzene rings is 1. The molecule has 1 aromatic carbocycles. The summed E-state index contributed by atoms with van der Waals surface area (Å²) in [4.78, 5) is 25.8. The first-order valence-corrected chi connectivity index (χ1v) is 10.9. The van der Waals surface area contributed by atoms with Crippen LogP contribution in [0.25, 0.3) is 0 Å². The number of halogens is 2. The smallest absolute Gasteiger partial charge is 0.249 e. The molecule has 3 aromatic rings. The molecule has 32 heavy (non-hydrogen) atoms. The Labute approximate surface area is 190 Å². The fourth-order valence-electron chi connectivity index (χ4n) is 4.17. The van der Waals surface area contributed by atoms with E-state index in [2.05, 4.69) is 15.4 Å². The molecule has 1 unspecified atom stereocenters. The Morgan fingerprint density at radius 3 is 2.94 bits per heavy atom. The Kier molecular flexibility index (Phi) is 5.21. The molecular formula is C22H23ClFN7O. The van der Waals surface area contributed by atoms with Gasteiger partial charge >= 0.3 is 0 Å². The number of likely N-dealkylation sites (N-methyl/N-ethyl adjacent to an activating group) is 1. The van der Waals surface area contributed by atoms with E-state index in [1.165, 1.54) is 6.07 Å². The van der Waals surface area contributed by atoms with Gasteiger partial charge in [-0.25, -0.2) is 9.37 Å². The zero-order valence-electron chi connectivity index (χ0n) is 17.8. The summed E-state index contributed by atoms with van der Waals surface area (Å²) in [5.41, 5.74) is 3.58. The van der Waals surface area contributed by atoms with Gasteiger partial charge in [-0.05, 0) is 37.5 Å². The van der Waals surface area contributed by atoms with E-state index in [0.29, 0.717) is 25.6 Å². The van der Waals surface area contributed by atoms with Crippen LogP contribution in [0.1, 0.15) is 30.2 Å². The van der Waals surface area contributed by atoms with E-state index in [4.69, 9.17) is 16.6 Å². The molecule has 1 N–H and O–H groups in total. The van der Waals surface area contributed by atoms with E-state index in [0.717, 1.165) is 41.2 Å². The first kappa shape index (κ1) is 20.7. The summed E-state index contributed by atoms with van der Waals surface area (Å²) in [6.07, 6.45) is 5.41. The number of aromatic nitrogens is 4. The summed E-state index contributed by atoms with van der Waals surface area (Å²) >= 11 is 5.86. The van der Waals surface area contributed by atoms with E-state index in [9.17, 15) is 9.18 Å². The van der Waals surface area contributed by atoms with Crippen molar-refractivity contribution in [3.8, 4) is 0 Å². The minimum absolute atomic E-state index is 0.0973. The highest BCUT2D eigenvalue weighted by molar-refractivity contribution is 6.30. The third kappa shape index (κ3) is 3.66. The number of nitrogens with zero attached hydrogens (tertiary/aromatic N) is 6. The average molecular weight is 456 g/mol. The fraction of sp³-hybridized carbons (Fsp3) is 0.364. The number of carbonyl (C=O) groups excluding carboxylic acids is 1. The van der Waals surface area contributed by atoms with Crippen LogP contribution in [0.2, 0.25) is 5.02 Å². The van der Waals surface area contributed by atoms with Crippen molar-refractivity contribution < 1.29 is 9.18 Å². The molecule has 1 atom stereocenters. The Morgan fingerprint density at radius 1 is 1.28 bits per heavy atom. The number of hydrogen-bond donors (Lipinski definition) is 1. The molecule has 0 spiro atoms. The summed E-state index contributed by atoms with van der Waals surface area (Å²) in [6, 6.07) is 4.40. The summed E-state index contributed by atoms with van der Waals surface area (Å²) in [7, 11) is 1.90. The molecule has 2 aliphatic rings. The maximum absolute atomic E-state index is 13.4. The zero-order chi connectivity index (χ0) is 22.4. The molecule has 0 saturated carbocycles. The number of rotatable bonds is 5. The maximum atomic E-state index is 13.4. The number of anilines is 3. The second-order valence-electron chi connectivity index (χ2n) is 8.19. The maximum Gasteiger partial charge on any atom is 0.249 e. The van der Waals surface area contributed by atoms with Crippen LogP contribution in [-0.4, -0.2) is 45.3 Å². The van der Waals surface area contributed by atoms with E-state index in [-0.39, 0.29) is 17.0 Å². The highest BCUT2D eigenvalue weighted by Gasteiger charge is 2.38. The van der Waals surface area contributed by atoms with Gasteiger partial charge in [0.05, 0.1) is 23.5 Å². The van der Waals surface area contributed by atoms with Gasteiger partial charge in [0.2, 0.25) is 11.9 Å². The highest BCUT2D eigenvalue weighted by atomic mass is 35.5. The Morgan fingerprint density at radius 2 is 2.12 bits per heavy atom. The van der Waals surface area contributed by atoms with E-state index in [1.807, 2.05) is 30.0 Å². The second-order valence-corrected chi connectivity index (χ2v) is 8.60. The standard InChI is InChI=1S/C22H23ClFN7O/c1-13-21(32)31-7-3-4-18-19(31)20(29(13)2)28-22(27-18)25-9-15-10-26-30(12-15)11-14-5-6-17(24)16(23)8-14/h5-6,8,10,12-13H,3-4,7,9,11H2,1-2H3,(H,25,27,28). The van der Waals surface area contributed by atoms with E-state index < -0.39 is 5.82 Å². The van der Waals surface area contributed by atoms with Crippen LogP contribution in [0.4, 0.5) is 21.8 Å². The summed E-state index contributed by atoms with van der Waals surface area (Å²) in [6.45, 7) is 3.61. The number of hydrogen-bond acceptors (Lipinski definition) is 6. The molecule has 10 heteroatoms. The van der Waals surface area contributed by atoms with Gasteiger partial charge in [0.15, 0.2) is 5.82 Å². The lowest BCUT2D eigenvalue weighted by Crippen LogP contribution is -2.53. The highest BCUT2D eigenvalue weighted by Crippen LogP contribution is 2.39. The van der Waals surface area contributed by atoms with Crippen LogP contribution in [-0.2, 0) is 24.3 Å². The van der Waals surface area contributed by atoms with Crippen molar-refractivity contribution in [1.29, 1.82) is 0 Å². The molecule has 1 amide bonds. The van der Waals surface area contributed by atoms with Gasteiger partial charge in [0, 0.05) is 31.9 Å². The number of carbonyl (C=O) groups is 1. The number of aryl methyl sites for hydroxylation is 1. The lowest BCUT2D eigenvalue weighted by atomic mass is 10.0. The van der Waals surface area contributed by atoms with Gasteiger partial charge in [-0.2, -0.15) is 10.1 Å². The summed E-state index contributed by atoms with van der Waals surface area (Å²) < 4.78 is 15.1. The van der Waals surface area contributed by atoms with Crippen LogP contribution >= 0.6 is 11.6 Å².